The van der Waals surface area contributed by atoms with E-state index >= 15 is 0 Å². The van der Waals surface area contributed by atoms with Crippen LogP contribution in [0.1, 0.15) is 5.56 Å². The van der Waals surface area contributed by atoms with Crippen LogP contribution in [0.2, 0.25) is 0 Å². The number of aromatic nitrogens is 1. The maximum absolute atomic E-state index is 13.2. The Kier molecular flexibility index (Phi) is 3.77. The fourth-order valence-corrected chi connectivity index (χ4v) is 4.77. The molecule has 1 N–H and O–H groups in total. The molecule has 0 saturated heterocycles. The second kappa shape index (κ2) is 5.97. The summed E-state index contributed by atoms with van der Waals surface area (Å²) in [7, 11) is -2.05. The summed E-state index contributed by atoms with van der Waals surface area (Å²) in [5.74, 6) is 0.628. The molecule has 4 rings (SSSR count). The van der Waals surface area contributed by atoms with Gasteiger partial charge in [0.05, 0.1) is 17.7 Å². The molecule has 1 aliphatic heterocycles. The van der Waals surface area contributed by atoms with Crippen LogP contribution < -0.4 is 9.04 Å². The van der Waals surface area contributed by atoms with Gasteiger partial charge in [0.15, 0.2) is 0 Å². The number of nitrogens with one attached hydrogen (secondary N) is 1. The van der Waals surface area contributed by atoms with Gasteiger partial charge in [0.2, 0.25) is 0 Å². The smallest absolute Gasteiger partial charge is 0.264 e. The van der Waals surface area contributed by atoms with E-state index in [0.717, 1.165) is 28.9 Å². The Morgan fingerprint density at radius 2 is 1.92 bits per heavy atom. The standard InChI is InChI=1S/C19H18N2O3S/c1-24-19-9-8-15(13-16(19)17-6-4-11-20-17)25(22,23)21-12-10-14-5-2-3-7-18(14)21/h2-9,11,13,20H,10,12H2,1H3. The third-order valence-electron chi connectivity index (χ3n) is 4.49. The minimum atomic E-state index is -3.63. The minimum absolute atomic E-state index is 0.259. The lowest BCUT2D eigenvalue weighted by Gasteiger charge is -2.20. The fraction of sp³-hybridized carbons (Fsp3) is 0.158. The molecule has 1 aromatic heterocycles. The van der Waals surface area contributed by atoms with Crippen molar-refractivity contribution in [1.82, 2.24) is 4.98 Å². The van der Waals surface area contributed by atoms with E-state index in [9.17, 15) is 8.42 Å². The number of nitrogens with zero attached hydrogens (tertiary/aromatic N) is 1. The topological polar surface area (TPSA) is 62.4 Å². The summed E-state index contributed by atoms with van der Waals surface area (Å²) in [6, 6.07) is 16.4. The molecule has 3 aromatic rings. The van der Waals surface area contributed by atoms with Crippen molar-refractivity contribution in [2.75, 3.05) is 18.0 Å². The lowest BCUT2D eigenvalue weighted by molar-refractivity contribution is 0.416. The molecule has 5 nitrogen and oxygen atoms in total. The first kappa shape index (κ1) is 15.8. The number of ether oxygens (including phenoxy) is 1. The lowest BCUT2D eigenvalue weighted by Crippen LogP contribution is -2.29. The van der Waals surface area contributed by atoms with Gasteiger partial charge in [-0.05, 0) is 48.4 Å². The van der Waals surface area contributed by atoms with Gasteiger partial charge in [-0.1, -0.05) is 18.2 Å². The summed E-state index contributed by atoms with van der Waals surface area (Å²) in [5.41, 5.74) is 3.36. The first-order valence-corrected chi connectivity index (χ1v) is 9.48. The Morgan fingerprint density at radius 3 is 2.68 bits per heavy atom. The molecule has 2 aromatic carbocycles. The molecule has 128 valence electrons. The number of aromatic amines is 1. The number of methoxy groups -OCH3 is 1. The first-order chi connectivity index (χ1) is 12.1. The van der Waals surface area contributed by atoms with Crippen molar-refractivity contribution in [1.29, 1.82) is 0 Å². The third kappa shape index (κ3) is 2.59. The molecule has 25 heavy (non-hydrogen) atoms. The zero-order valence-corrected chi connectivity index (χ0v) is 14.6. The zero-order valence-electron chi connectivity index (χ0n) is 13.8. The number of hydrogen-bond donors (Lipinski definition) is 1. The number of anilines is 1. The quantitative estimate of drug-likeness (QED) is 0.781. The Bertz CT molecular complexity index is 1010. The van der Waals surface area contributed by atoms with E-state index in [1.165, 1.54) is 4.31 Å². The molecule has 6 heteroatoms. The molecule has 0 aliphatic carbocycles. The van der Waals surface area contributed by atoms with Crippen LogP contribution in [0, 0.1) is 0 Å². The lowest BCUT2D eigenvalue weighted by atomic mass is 10.1. The number of hydrogen-bond acceptors (Lipinski definition) is 3. The Labute approximate surface area is 146 Å². The average molecular weight is 354 g/mol. The minimum Gasteiger partial charge on any atom is -0.496 e. The van der Waals surface area contributed by atoms with Crippen LogP contribution in [0.15, 0.2) is 65.7 Å². The van der Waals surface area contributed by atoms with E-state index in [1.807, 2.05) is 36.4 Å². The second-order valence-electron chi connectivity index (χ2n) is 5.90. The van der Waals surface area contributed by atoms with E-state index in [-0.39, 0.29) is 4.90 Å². The normalized spacial score (nSPS) is 13.7. The highest BCUT2D eigenvalue weighted by Gasteiger charge is 2.31. The van der Waals surface area contributed by atoms with Gasteiger partial charge in [0, 0.05) is 24.0 Å². The number of sulfonamides is 1. The summed E-state index contributed by atoms with van der Waals surface area (Å²) < 4.78 is 33.3. The van der Waals surface area contributed by atoms with Crippen molar-refractivity contribution < 1.29 is 13.2 Å². The van der Waals surface area contributed by atoms with Crippen molar-refractivity contribution in [2.24, 2.45) is 0 Å². The molecule has 0 unspecified atom stereocenters. The van der Waals surface area contributed by atoms with Crippen LogP contribution >= 0.6 is 0 Å². The predicted octanol–water partition coefficient (Wildman–Crippen LogP) is 3.44. The predicted molar refractivity (Wildman–Crippen MR) is 97.5 cm³/mol. The fourth-order valence-electron chi connectivity index (χ4n) is 3.24. The van der Waals surface area contributed by atoms with Crippen molar-refractivity contribution in [3.05, 3.63) is 66.4 Å². The molecule has 2 heterocycles. The zero-order chi connectivity index (χ0) is 17.4. The van der Waals surface area contributed by atoms with Crippen LogP contribution in [0.4, 0.5) is 5.69 Å². The number of rotatable bonds is 4. The highest BCUT2D eigenvalue weighted by Crippen LogP contribution is 2.36. The van der Waals surface area contributed by atoms with E-state index in [1.54, 1.807) is 31.5 Å². The van der Waals surface area contributed by atoms with Crippen molar-refractivity contribution in [3.8, 4) is 17.0 Å². The van der Waals surface area contributed by atoms with E-state index in [4.69, 9.17) is 4.74 Å². The largest absolute Gasteiger partial charge is 0.496 e. The van der Waals surface area contributed by atoms with Gasteiger partial charge in [-0.2, -0.15) is 0 Å². The molecular weight excluding hydrogens is 336 g/mol. The maximum Gasteiger partial charge on any atom is 0.264 e. The van der Waals surface area contributed by atoms with Crippen molar-refractivity contribution in [2.45, 2.75) is 11.3 Å². The number of H-pyrrole nitrogens is 1. The van der Waals surface area contributed by atoms with Crippen molar-refractivity contribution >= 4 is 15.7 Å². The number of fused-ring (bicyclic) bond motifs is 1. The summed E-state index contributed by atoms with van der Waals surface area (Å²) in [5, 5.41) is 0. The number of benzene rings is 2. The van der Waals surface area contributed by atoms with Gasteiger partial charge in [-0.25, -0.2) is 8.42 Å². The molecule has 0 fully saturated rings. The van der Waals surface area contributed by atoms with Gasteiger partial charge in [-0.3, -0.25) is 4.31 Å². The van der Waals surface area contributed by atoms with E-state index < -0.39 is 10.0 Å². The monoisotopic (exact) mass is 354 g/mol. The Balaban J connectivity index is 1.81. The highest BCUT2D eigenvalue weighted by molar-refractivity contribution is 7.92. The number of para-hydroxylation sites is 1. The van der Waals surface area contributed by atoms with Gasteiger partial charge < -0.3 is 9.72 Å². The molecule has 1 aliphatic rings. The van der Waals surface area contributed by atoms with Crippen molar-refractivity contribution in [3.63, 3.8) is 0 Å². The van der Waals surface area contributed by atoms with Gasteiger partial charge >= 0.3 is 0 Å². The summed E-state index contributed by atoms with van der Waals surface area (Å²) in [6.07, 6.45) is 2.53. The first-order valence-electron chi connectivity index (χ1n) is 8.04. The average Bonchev–Trinajstić information content (AvgIpc) is 3.31. The van der Waals surface area contributed by atoms with Crippen LogP contribution in [-0.4, -0.2) is 27.1 Å². The molecular formula is C19H18N2O3S. The molecule has 0 radical (unpaired) electrons. The van der Waals surface area contributed by atoms with E-state index in [2.05, 4.69) is 4.98 Å². The summed E-state index contributed by atoms with van der Waals surface area (Å²) in [6.45, 7) is 0.464. The Morgan fingerprint density at radius 1 is 1.08 bits per heavy atom. The van der Waals surface area contributed by atoms with Crippen LogP contribution in [0.3, 0.4) is 0 Å². The highest BCUT2D eigenvalue weighted by atomic mass is 32.2. The molecule has 0 spiro atoms. The Hall–Kier alpha value is -2.73. The second-order valence-corrected chi connectivity index (χ2v) is 7.76. The van der Waals surface area contributed by atoms with Crippen LogP contribution in [0.5, 0.6) is 5.75 Å². The van der Waals surface area contributed by atoms with Gasteiger partial charge in [-0.15, -0.1) is 0 Å². The van der Waals surface area contributed by atoms with Gasteiger partial charge in [0.25, 0.3) is 10.0 Å². The van der Waals surface area contributed by atoms with Crippen LogP contribution in [0.25, 0.3) is 11.3 Å². The maximum atomic E-state index is 13.2. The summed E-state index contributed by atoms with van der Waals surface area (Å²) >= 11 is 0. The van der Waals surface area contributed by atoms with Gasteiger partial charge in [0.1, 0.15) is 5.75 Å². The van der Waals surface area contributed by atoms with E-state index in [0.29, 0.717) is 12.3 Å². The third-order valence-corrected chi connectivity index (χ3v) is 6.30. The SMILES string of the molecule is COc1ccc(S(=O)(=O)N2CCc3ccccc32)cc1-c1ccc[nH]1. The van der Waals surface area contributed by atoms with Crippen LogP contribution in [-0.2, 0) is 16.4 Å². The molecule has 0 amide bonds. The molecule has 0 bridgehead atoms. The summed E-state index contributed by atoms with van der Waals surface area (Å²) in [4.78, 5) is 3.36. The molecule has 0 saturated carbocycles. The molecule has 0 atom stereocenters.